The molecule has 2 nitrogen and oxygen atoms in total. The molecule has 1 heterocycles. The summed E-state index contributed by atoms with van der Waals surface area (Å²) in [5.41, 5.74) is 5.75. The second-order valence-corrected chi connectivity index (χ2v) is 2.94. The number of nitrogens with two attached hydrogens (primary N) is 1. The van der Waals surface area contributed by atoms with E-state index in [0.29, 0.717) is 12.1 Å². The first-order valence-electron chi connectivity index (χ1n) is 3.75. The Hall–Kier alpha value is -0.830. The largest absolute Gasteiger partial charge is 0.395 e. The van der Waals surface area contributed by atoms with Crippen molar-refractivity contribution < 1.29 is 4.39 Å². The molecule has 12 heavy (non-hydrogen) atoms. The van der Waals surface area contributed by atoms with Gasteiger partial charge in [0, 0.05) is 6.20 Å². The SMILES string of the molecule is CCCc1ncc(Cl)c(N)c1F. The van der Waals surface area contributed by atoms with Crippen LogP contribution in [0.5, 0.6) is 0 Å². The highest BCUT2D eigenvalue weighted by atomic mass is 35.5. The Kier molecular flexibility index (Phi) is 2.87. The van der Waals surface area contributed by atoms with Gasteiger partial charge in [-0.25, -0.2) is 4.39 Å². The quantitative estimate of drug-likeness (QED) is 0.774. The summed E-state index contributed by atoms with van der Waals surface area (Å²) < 4.78 is 13.2. The van der Waals surface area contributed by atoms with Gasteiger partial charge in [0.15, 0.2) is 5.82 Å². The van der Waals surface area contributed by atoms with Crippen molar-refractivity contribution in [2.75, 3.05) is 5.73 Å². The van der Waals surface area contributed by atoms with E-state index in [1.54, 1.807) is 0 Å². The van der Waals surface area contributed by atoms with Crippen LogP contribution in [0.2, 0.25) is 5.02 Å². The molecule has 1 rings (SSSR count). The summed E-state index contributed by atoms with van der Waals surface area (Å²) in [6.45, 7) is 1.95. The molecule has 0 spiro atoms. The molecule has 0 aliphatic carbocycles. The Morgan fingerprint density at radius 3 is 2.92 bits per heavy atom. The van der Waals surface area contributed by atoms with Gasteiger partial charge in [0.1, 0.15) is 0 Å². The van der Waals surface area contributed by atoms with Crippen molar-refractivity contribution in [2.24, 2.45) is 0 Å². The number of halogens is 2. The van der Waals surface area contributed by atoms with Crippen molar-refractivity contribution >= 4 is 17.3 Å². The molecule has 0 radical (unpaired) electrons. The van der Waals surface area contributed by atoms with Gasteiger partial charge in [-0.15, -0.1) is 0 Å². The normalized spacial score (nSPS) is 10.2. The molecule has 0 fully saturated rings. The van der Waals surface area contributed by atoms with Crippen LogP contribution in [0.15, 0.2) is 6.20 Å². The Bertz CT molecular complexity index is 289. The number of nitrogens with zero attached hydrogens (tertiary/aromatic N) is 1. The topological polar surface area (TPSA) is 38.9 Å². The highest BCUT2D eigenvalue weighted by Gasteiger charge is 2.09. The zero-order chi connectivity index (χ0) is 9.14. The van der Waals surface area contributed by atoms with Crippen LogP contribution in [0.4, 0.5) is 10.1 Å². The minimum atomic E-state index is -0.482. The lowest BCUT2D eigenvalue weighted by Crippen LogP contribution is -2.00. The number of rotatable bonds is 2. The molecule has 4 heteroatoms. The molecular formula is C8H10ClFN2. The fraction of sp³-hybridized carbons (Fsp3) is 0.375. The number of nitrogen functional groups attached to an aromatic ring is 1. The predicted molar refractivity (Wildman–Crippen MR) is 47.6 cm³/mol. The van der Waals surface area contributed by atoms with Gasteiger partial charge in [-0.05, 0) is 6.42 Å². The second-order valence-electron chi connectivity index (χ2n) is 2.53. The number of pyridine rings is 1. The maximum absolute atomic E-state index is 13.2. The van der Waals surface area contributed by atoms with Crippen LogP contribution < -0.4 is 5.73 Å². The third-order valence-corrected chi connectivity index (χ3v) is 1.87. The third kappa shape index (κ3) is 1.67. The lowest BCUT2D eigenvalue weighted by molar-refractivity contribution is 0.601. The summed E-state index contributed by atoms with van der Waals surface area (Å²) in [4.78, 5) is 3.84. The second kappa shape index (κ2) is 3.72. The minimum Gasteiger partial charge on any atom is -0.395 e. The van der Waals surface area contributed by atoms with Gasteiger partial charge in [0.05, 0.1) is 16.4 Å². The van der Waals surface area contributed by atoms with Crippen LogP contribution in [-0.4, -0.2) is 4.98 Å². The van der Waals surface area contributed by atoms with Crippen LogP contribution in [0.1, 0.15) is 19.0 Å². The number of hydrogen-bond donors (Lipinski definition) is 1. The molecule has 0 aromatic carbocycles. The van der Waals surface area contributed by atoms with Crippen molar-refractivity contribution in [1.29, 1.82) is 0 Å². The molecule has 1 aromatic heterocycles. The fourth-order valence-corrected chi connectivity index (χ4v) is 1.06. The summed E-state index contributed by atoms with van der Waals surface area (Å²) in [5.74, 6) is -0.482. The summed E-state index contributed by atoms with van der Waals surface area (Å²) >= 11 is 5.56. The molecular weight excluding hydrogens is 179 g/mol. The van der Waals surface area contributed by atoms with Crippen molar-refractivity contribution in [1.82, 2.24) is 4.98 Å². The summed E-state index contributed by atoms with van der Waals surface area (Å²) in [5, 5.41) is 0.173. The maximum atomic E-state index is 13.2. The van der Waals surface area contributed by atoms with E-state index in [9.17, 15) is 4.39 Å². The van der Waals surface area contributed by atoms with E-state index < -0.39 is 5.82 Å². The van der Waals surface area contributed by atoms with Crippen LogP contribution in [-0.2, 0) is 6.42 Å². The van der Waals surface area contributed by atoms with E-state index in [-0.39, 0.29) is 10.7 Å². The van der Waals surface area contributed by atoms with Gasteiger partial charge >= 0.3 is 0 Å². The van der Waals surface area contributed by atoms with E-state index in [1.165, 1.54) is 6.20 Å². The molecule has 1 aromatic rings. The first-order valence-corrected chi connectivity index (χ1v) is 4.13. The van der Waals surface area contributed by atoms with E-state index in [0.717, 1.165) is 6.42 Å². The number of aromatic nitrogens is 1. The molecule has 2 N–H and O–H groups in total. The number of anilines is 1. The lowest BCUT2D eigenvalue weighted by atomic mass is 10.2. The van der Waals surface area contributed by atoms with Gasteiger partial charge < -0.3 is 5.73 Å². The van der Waals surface area contributed by atoms with Crippen LogP contribution in [0.3, 0.4) is 0 Å². The maximum Gasteiger partial charge on any atom is 0.169 e. The Labute approximate surface area is 75.6 Å². The molecule has 0 saturated carbocycles. The summed E-state index contributed by atoms with van der Waals surface area (Å²) in [6, 6.07) is 0. The smallest absolute Gasteiger partial charge is 0.169 e. The molecule has 0 atom stereocenters. The summed E-state index contributed by atoms with van der Waals surface area (Å²) in [7, 11) is 0. The van der Waals surface area contributed by atoms with E-state index >= 15 is 0 Å². The average Bonchev–Trinajstić information content (AvgIpc) is 2.07. The first kappa shape index (κ1) is 9.26. The zero-order valence-electron chi connectivity index (χ0n) is 6.77. The van der Waals surface area contributed by atoms with Gasteiger partial charge in [-0.2, -0.15) is 0 Å². The summed E-state index contributed by atoms with van der Waals surface area (Å²) in [6.07, 6.45) is 2.81. The highest BCUT2D eigenvalue weighted by Crippen LogP contribution is 2.22. The van der Waals surface area contributed by atoms with Crippen LogP contribution in [0, 0.1) is 5.82 Å². The van der Waals surface area contributed by atoms with Gasteiger partial charge in [-0.3, -0.25) is 4.98 Å². The Morgan fingerprint density at radius 1 is 1.67 bits per heavy atom. The number of aryl methyl sites for hydroxylation is 1. The monoisotopic (exact) mass is 188 g/mol. The lowest BCUT2D eigenvalue weighted by Gasteiger charge is -2.03. The van der Waals surface area contributed by atoms with Crippen molar-refractivity contribution in [3.05, 3.63) is 22.7 Å². The zero-order valence-corrected chi connectivity index (χ0v) is 7.53. The van der Waals surface area contributed by atoms with Gasteiger partial charge in [0.2, 0.25) is 0 Å². The third-order valence-electron chi connectivity index (χ3n) is 1.57. The molecule has 0 bridgehead atoms. The molecule has 0 amide bonds. The molecule has 0 aliphatic heterocycles. The first-order chi connectivity index (χ1) is 5.66. The fourth-order valence-electron chi connectivity index (χ4n) is 0.932. The molecule has 0 saturated heterocycles. The minimum absolute atomic E-state index is 0.00452. The molecule has 66 valence electrons. The van der Waals surface area contributed by atoms with E-state index in [4.69, 9.17) is 17.3 Å². The van der Waals surface area contributed by atoms with Crippen LogP contribution >= 0.6 is 11.6 Å². The standard InChI is InChI=1S/C8H10ClFN2/c1-2-3-6-7(10)8(11)5(9)4-12-6/h4H,2-3H2,1H3,(H2,11,12). The van der Waals surface area contributed by atoms with Gasteiger partial charge in [-0.1, -0.05) is 24.9 Å². The van der Waals surface area contributed by atoms with Crippen LogP contribution in [0.25, 0.3) is 0 Å². The average molecular weight is 189 g/mol. The van der Waals surface area contributed by atoms with E-state index in [1.807, 2.05) is 6.92 Å². The van der Waals surface area contributed by atoms with Crippen molar-refractivity contribution in [3.8, 4) is 0 Å². The highest BCUT2D eigenvalue weighted by molar-refractivity contribution is 6.32. The number of hydrogen-bond acceptors (Lipinski definition) is 2. The van der Waals surface area contributed by atoms with Crippen molar-refractivity contribution in [3.63, 3.8) is 0 Å². The Morgan fingerprint density at radius 2 is 2.33 bits per heavy atom. The molecule has 0 unspecified atom stereocenters. The molecule has 0 aliphatic rings. The van der Waals surface area contributed by atoms with E-state index in [2.05, 4.69) is 4.98 Å². The van der Waals surface area contributed by atoms with Gasteiger partial charge in [0.25, 0.3) is 0 Å². The Balaban J connectivity index is 3.08. The van der Waals surface area contributed by atoms with Crippen molar-refractivity contribution in [2.45, 2.75) is 19.8 Å². The predicted octanol–water partition coefficient (Wildman–Crippen LogP) is 2.41.